The number of imide groups is 2. The van der Waals surface area contributed by atoms with Gasteiger partial charge in [-0.15, -0.1) is 11.6 Å². The normalized spacial score (nSPS) is 26.6. The third kappa shape index (κ3) is 7.43. The Morgan fingerprint density at radius 2 is 1.85 bits per heavy atom. The molecular formula is C28H39Cl2N2O7S+. The molecule has 5 unspecified atom stereocenters. The highest BCUT2D eigenvalue weighted by atomic mass is 35.5. The van der Waals surface area contributed by atoms with E-state index in [1.165, 1.54) is 0 Å². The quantitative estimate of drug-likeness (QED) is 0.127. The van der Waals surface area contributed by atoms with Gasteiger partial charge in [-0.25, -0.2) is 14.5 Å². The molecular weight excluding hydrogens is 579 g/mol. The summed E-state index contributed by atoms with van der Waals surface area (Å²) in [6.45, 7) is 5.15. The van der Waals surface area contributed by atoms with Crippen molar-refractivity contribution in [2.75, 3.05) is 17.9 Å². The summed E-state index contributed by atoms with van der Waals surface area (Å²) in [4.78, 5) is 51.6. The summed E-state index contributed by atoms with van der Waals surface area (Å²) in [7, 11) is -0.354. The largest absolute Gasteiger partial charge is 0.433 e. The van der Waals surface area contributed by atoms with Crippen LogP contribution in [-0.4, -0.2) is 74.7 Å². The van der Waals surface area contributed by atoms with Crippen molar-refractivity contribution in [2.45, 2.75) is 95.0 Å². The fourth-order valence-electron chi connectivity index (χ4n) is 5.44. The Morgan fingerprint density at radius 3 is 2.48 bits per heavy atom. The van der Waals surface area contributed by atoms with Gasteiger partial charge < -0.3 is 14.2 Å². The number of amides is 4. The van der Waals surface area contributed by atoms with Crippen molar-refractivity contribution >= 4 is 58.3 Å². The minimum absolute atomic E-state index is 0.0536. The van der Waals surface area contributed by atoms with E-state index in [4.69, 9.17) is 37.6 Å². The maximum Gasteiger partial charge on any atom is 0.432 e. The first-order valence-electron chi connectivity index (χ1n) is 13.6. The third-order valence-corrected chi connectivity index (χ3v) is 9.92. The molecule has 4 amide bonds. The number of carbonyl (C=O) groups is 4. The molecule has 0 saturated carbocycles. The fraction of sp³-hybridized carbons (Fsp3) is 0.643. The maximum absolute atomic E-state index is 13.2. The highest BCUT2D eigenvalue weighted by Crippen LogP contribution is 2.48. The topological polar surface area (TPSA) is 102 Å². The number of unbranched alkanes of at least 4 members (excludes halogenated alkanes) is 4. The van der Waals surface area contributed by atoms with E-state index in [9.17, 15) is 19.2 Å². The van der Waals surface area contributed by atoms with Crippen molar-refractivity contribution in [3.63, 3.8) is 0 Å². The first-order chi connectivity index (χ1) is 19.0. The second-order valence-corrected chi connectivity index (χ2v) is 13.4. The Hall–Kier alpha value is -2.01. The standard InChI is InChI=1S/C28H39Cl2N2O7S/c1-5-6-7-8-12-15-27(3)28(39-26(36)32(30)20(2)33,19-40(4)18-21-13-10-9-11-14-21)16-22-24(38-27)37-25(35)31(22)23(34)17-29/h9-11,13-14,22,24H,5-8,12,15-19H2,1-4H3/q+1. The van der Waals surface area contributed by atoms with E-state index in [1.54, 1.807) is 0 Å². The van der Waals surface area contributed by atoms with Gasteiger partial charge in [0.15, 0.2) is 11.4 Å². The number of hydrogen-bond acceptors (Lipinski definition) is 7. The molecule has 2 saturated heterocycles. The van der Waals surface area contributed by atoms with Crippen LogP contribution in [0.25, 0.3) is 0 Å². The van der Waals surface area contributed by atoms with Gasteiger partial charge in [0, 0.05) is 30.7 Å². The van der Waals surface area contributed by atoms with E-state index in [0.717, 1.165) is 49.5 Å². The SMILES string of the molecule is CCCCCCCC1(C)OC2OC(=O)N(C(=O)CCl)C2CC1(C[S+](C)Cc1ccccc1)OC(=O)N(Cl)C(C)=O. The Morgan fingerprint density at radius 1 is 1.18 bits per heavy atom. The lowest BCUT2D eigenvalue weighted by molar-refractivity contribution is -0.277. The van der Waals surface area contributed by atoms with Gasteiger partial charge in [0.05, 0.1) is 6.26 Å². The van der Waals surface area contributed by atoms with Gasteiger partial charge in [-0.1, -0.05) is 69.4 Å². The number of fused-ring (bicyclic) bond motifs is 1. The van der Waals surface area contributed by atoms with Crippen molar-refractivity contribution in [3.8, 4) is 0 Å². The van der Waals surface area contributed by atoms with Crippen LogP contribution in [0, 0.1) is 0 Å². The molecule has 3 rings (SSSR count). The molecule has 1 aromatic rings. The Balaban J connectivity index is 2.03. The molecule has 0 radical (unpaired) electrons. The van der Waals surface area contributed by atoms with Crippen LogP contribution < -0.4 is 0 Å². The van der Waals surface area contributed by atoms with Gasteiger partial charge in [0.2, 0.25) is 18.1 Å². The highest BCUT2D eigenvalue weighted by molar-refractivity contribution is 7.95. The van der Waals surface area contributed by atoms with Crippen LogP contribution in [-0.2, 0) is 40.4 Å². The van der Waals surface area contributed by atoms with Crippen LogP contribution in [0.5, 0.6) is 0 Å². The van der Waals surface area contributed by atoms with E-state index in [1.807, 2.05) is 37.3 Å². The maximum atomic E-state index is 13.2. The molecule has 0 spiro atoms. The number of carbonyl (C=O) groups excluding carboxylic acids is 4. The molecule has 12 heteroatoms. The molecule has 0 aromatic heterocycles. The number of halogens is 2. The Bertz CT molecular complexity index is 1060. The molecule has 40 heavy (non-hydrogen) atoms. The summed E-state index contributed by atoms with van der Waals surface area (Å²) in [6, 6.07) is 9.07. The second kappa shape index (κ2) is 14.2. The summed E-state index contributed by atoms with van der Waals surface area (Å²) >= 11 is 11.8. The van der Waals surface area contributed by atoms with Crippen LogP contribution in [0.2, 0.25) is 0 Å². The average Bonchev–Trinajstić information content (AvgIpc) is 3.21. The monoisotopic (exact) mass is 617 g/mol. The smallest absolute Gasteiger partial charge is 0.432 e. The Kier molecular flexibility index (Phi) is 11.6. The zero-order chi connectivity index (χ0) is 29.5. The molecule has 5 atom stereocenters. The zero-order valence-electron chi connectivity index (χ0n) is 23.5. The first kappa shape index (κ1) is 32.5. The molecule has 222 valence electrons. The molecule has 2 aliphatic rings. The molecule has 0 aliphatic carbocycles. The number of alkyl halides is 1. The number of rotatable bonds is 12. The first-order valence-corrected chi connectivity index (χ1v) is 16.4. The van der Waals surface area contributed by atoms with Crippen molar-refractivity contribution in [3.05, 3.63) is 35.9 Å². The lowest BCUT2D eigenvalue weighted by Crippen LogP contribution is -2.69. The number of hydrogen-bond donors (Lipinski definition) is 0. The third-order valence-electron chi connectivity index (χ3n) is 7.53. The van der Waals surface area contributed by atoms with Crippen LogP contribution >= 0.6 is 23.4 Å². The van der Waals surface area contributed by atoms with Crippen LogP contribution in [0.3, 0.4) is 0 Å². The van der Waals surface area contributed by atoms with Crippen molar-refractivity contribution in [1.29, 1.82) is 0 Å². The minimum Gasteiger partial charge on any atom is -0.433 e. The van der Waals surface area contributed by atoms with Gasteiger partial charge >= 0.3 is 12.2 Å². The summed E-state index contributed by atoms with van der Waals surface area (Å²) in [5, 5.41) is 0. The summed E-state index contributed by atoms with van der Waals surface area (Å²) < 4.78 is 18.6. The molecule has 9 nitrogen and oxygen atoms in total. The Labute approximate surface area is 249 Å². The van der Waals surface area contributed by atoms with Gasteiger partial charge in [-0.2, -0.15) is 4.42 Å². The van der Waals surface area contributed by atoms with Crippen LogP contribution in [0.4, 0.5) is 9.59 Å². The number of nitrogens with zero attached hydrogens (tertiary/aromatic N) is 2. The van der Waals surface area contributed by atoms with E-state index < -0.39 is 53.4 Å². The predicted octanol–water partition coefficient (Wildman–Crippen LogP) is 5.76. The molecule has 2 fully saturated rings. The number of benzene rings is 1. The summed E-state index contributed by atoms with van der Waals surface area (Å²) in [5.41, 5.74) is -1.33. The zero-order valence-corrected chi connectivity index (χ0v) is 25.9. The molecule has 0 N–H and O–H groups in total. The number of ether oxygens (including phenoxy) is 3. The summed E-state index contributed by atoms with van der Waals surface area (Å²) in [5.74, 6) is -0.699. The van der Waals surface area contributed by atoms with Gasteiger partial charge in [-0.05, 0) is 24.2 Å². The molecule has 1 aromatic carbocycles. The van der Waals surface area contributed by atoms with Gasteiger partial charge in [-0.3, -0.25) is 9.59 Å². The van der Waals surface area contributed by atoms with Crippen LogP contribution in [0.15, 0.2) is 30.3 Å². The molecule has 0 bridgehead atoms. The van der Waals surface area contributed by atoms with E-state index in [0.29, 0.717) is 22.3 Å². The average molecular weight is 619 g/mol. The fourth-order valence-corrected chi connectivity index (χ4v) is 7.74. The van der Waals surface area contributed by atoms with Crippen molar-refractivity contribution in [2.24, 2.45) is 0 Å². The van der Waals surface area contributed by atoms with E-state index in [-0.39, 0.29) is 17.3 Å². The van der Waals surface area contributed by atoms with Gasteiger partial charge in [0.25, 0.3) is 0 Å². The lowest BCUT2D eigenvalue weighted by Gasteiger charge is -2.52. The van der Waals surface area contributed by atoms with Gasteiger partial charge in [0.1, 0.15) is 23.3 Å². The van der Waals surface area contributed by atoms with E-state index in [2.05, 4.69) is 13.2 Å². The lowest BCUT2D eigenvalue weighted by atomic mass is 9.74. The van der Waals surface area contributed by atoms with E-state index >= 15 is 0 Å². The van der Waals surface area contributed by atoms with Crippen molar-refractivity contribution < 1.29 is 33.4 Å². The molecule has 2 heterocycles. The second-order valence-electron chi connectivity index (χ2n) is 10.7. The minimum atomic E-state index is -1.34. The van der Waals surface area contributed by atoms with Crippen LogP contribution in [0.1, 0.15) is 71.3 Å². The molecule has 2 aliphatic heterocycles. The summed E-state index contributed by atoms with van der Waals surface area (Å²) in [6.07, 6.45) is 4.65. The van der Waals surface area contributed by atoms with Crippen molar-refractivity contribution in [1.82, 2.24) is 9.32 Å². The highest BCUT2D eigenvalue weighted by Gasteiger charge is 2.66. The predicted molar refractivity (Wildman–Crippen MR) is 155 cm³/mol.